The highest BCUT2D eigenvalue weighted by Gasteiger charge is 2.30. The number of carbonyl (C=O) groups is 1. The highest BCUT2D eigenvalue weighted by atomic mass is 16.5. The predicted molar refractivity (Wildman–Crippen MR) is 67.7 cm³/mol. The number of carboxylic acid groups (broad SMARTS) is 1. The van der Waals surface area contributed by atoms with Gasteiger partial charge in [-0.1, -0.05) is 6.92 Å². The van der Waals surface area contributed by atoms with Crippen LogP contribution in [-0.4, -0.2) is 27.7 Å². The molecule has 0 radical (unpaired) electrons. The van der Waals surface area contributed by atoms with Crippen LogP contribution in [0.4, 0.5) is 0 Å². The van der Waals surface area contributed by atoms with Crippen molar-refractivity contribution in [3.05, 3.63) is 22.8 Å². The first-order chi connectivity index (χ1) is 8.35. The summed E-state index contributed by atoms with van der Waals surface area (Å²) in [4.78, 5) is 19.7. The third-order valence-corrected chi connectivity index (χ3v) is 3.10. The molecule has 0 amide bonds. The van der Waals surface area contributed by atoms with Crippen molar-refractivity contribution in [3.63, 3.8) is 0 Å². The normalized spacial score (nSPS) is 14.3. The van der Waals surface area contributed by atoms with Crippen molar-refractivity contribution in [2.45, 2.75) is 46.6 Å². The van der Waals surface area contributed by atoms with Crippen LogP contribution in [0, 0.1) is 13.8 Å². The number of hydrogen-bond acceptors (Lipinski definition) is 4. The Kier molecular flexibility index (Phi) is 4.40. The summed E-state index contributed by atoms with van der Waals surface area (Å²) in [5.74, 6) is -0.446. The molecule has 0 aliphatic carbocycles. The molecule has 5 nitrogen and oxygen atoms in total. The molecule has 0 saturated heterocycles. The Morgan fingerprint density at radius 2 is 1.78 bits per heavy atom. The van der Waals surface area contributed by atoms with Gasteiger partial charge in [-0.3, -0.25) is 0 Å². The van der Waals surface area contributed by atoms with Crippen LogP contribution in [0.15, 0.2) is 0 Å². The third-order valence-electron chi connectivity index (χ3n) is 3.10. The molecule has 1 rings (SSSR count). The first kappa shape index (κ1) is 14.6. The number of carboxylic acids is 1. The monoisotopic (exact) mass is 252 g/mol. The quantitative estimate of drug-likeness (QED) is 0.871. The van der Waals surface area contributed by atoms with Gasteiger partial charge in [0.25, 0.3) is 0 Å². The Bertz CT molecular complexity index is 437. The maximum Gasteiger partial charge on any atom is 0.339 e. The van der Waals surface area contributed by atoms with Crippen LogP contribution in [-0.2, 0) is 10.3 Å². The van der Waals surface area contributed by atoms with Crippen molar-refractivity contribution < 1.29 is 14.6 Å². The Hall–Kier alpha value is -1.49. The lowest BCUT2D eigenvalue weighted by Gasteiger charge is -2.27. The molecule has 1 N–H and O–H groups in total. The smallest absolute Gasteiger partial charge is 0.339 e. The summed E-state index contributed by atoms with van der Waals surface area (Å²) in [6.45, 7) is 9.76. The summed E-state index contributed by atoms with van der Waals surface area (Å²) in [6.07, 6.45) is 0.728. The van der Waals surface area contributed by atoms with Gasteiger partial charge in [0.1, 0.15) is 11.2 Å². The molecule has 0 fully saturated rings. The van der Waals surface area contributed by atoms with E-state index in [0.717, 1.165) is 6.42 Å². The number of ether oxygens (including phenoxy) is 1. The van der Waals surface area contributed by atoms with Gasteiger partial charge in [0, 0.05) is 6.61 Å². The van der Waals surface area contributed by atoms with E-state index >= 15 is 0 Å². The lowest BCUT2D eigenvalue weighted by atomic mass is 10.0. The minimum absolute atomic E-state index is 0.175. The Labute approximate surface area is 107 Å². The highest BCUT2D eigenvalue weighted by molar-refractivity contribution is 5.89. The van der Waals surface area contributed by atoms with Gasteiger partial charge in [0.05, 0.1) is 11.4 Å². The van der Waals surface area contributed by atoms with Crippen molar-refractivity contribution in [3.8, 4) is 0 Å². The number of aryl methyl sites for hydroxylation is 2. The zero-order chi connectivity index (χ0) is 13.9. The molecule has 1 aromatic rings. The lowest BCUT2D eigenvalue weighted by Crippen LogP contribution is -2.29. The molecule has 0 aliphatic rings. The maximum atomic E-state index is 11.1. The Balaban J connectivity index is 3.32. The van der Waals surface area contributed by atoms with Gasteiger partial charge in [-0.25, -0.2) is 14.8 Å². The van der Waals surface area contributed by atoms with Crippen molar-refractivity contribution in [2.24, 2.45) is 0 Å². The molecule has 5 heteroatoms. The fourth-order valence-corrected chi connectivity index (χ4v) is 1.91. The minimum atomic E-state index is -0.994. The van der Waals surface area contributed by atoms with Crippen molar-refractivity contribution in [1.82, 2.24) is 9.97 Å². The van der Waals surface area contributed by atoms with E-state index < -0.39 is 11.6 Å². The van der Waals surface area contributed by atoms with Crippen LogP contribution in [0.2, 0.25) is 0 Å². The van der Waals surface area contributed by atoms with Gasteiger partial charge in [-0.2, -0.15) is 0 Å². The number of hydrogen-bond donors (Lipinski definition) is 1. The van der Waals surface area contributed by atoms with Gasteiger partial charge >= 0.3 is 5.97 Å². The second-order valence-electron chi connectivity index (χ2n) is 4.42. The maximum absolute atomic E-state index is 11.1. The molecular formula is C13H20N2O3. The SMILES string of the molecule is CCOC(C)(CC)c1nc(C)c(C(=O)O)c(C)n1. The van der Waals surface area contributed by atoms with E-state index in [0.29, 0.717) is 23.8 Å². The van der Waals surface area contributed by atoms with Gasteiger partial charge in [0.15, 0.2) is 5.82 Å². The molecular weight excluding hydrogens is 232 g/mol. The third kappa shape index (κ3) is 2.67. The molecule has 1 unspecified atom stereocenters. The lowest BCUT2D eigenvalue weighted by molar-refractivity contribution is -0.0393. The molecule has 1 heterocycles. The summed E-state index contributed by atoms with van der Waals surface area (Å²) < 4.78 is 5.70. The molecule has 1 aromatic heterocycles. The Morgan fingerprint density at radius 3 is 2.11 bits per heavy atom. The molecule has 0 aliphatic heterocycles. The van der Waals surface area contributed by atoms with E-state index in [2.05, 4.69) is 9.97 Å². The van der Waals surface area contributed by atoms with Gasteiger partial charge in [-0.05, 0) is 34.1 Å². The van der Waals surface area contributed by atoms with Gasteiger partial charge in [-0.15, -0.1) is 0 Å². The fourth-order valence-electron chi connectivity index (χ4n) is 1.91. The summed E-state index contributed by atoms with van der Waals surface area (Å²) in [5.41, 5.74) is 0.559. The second-order valence-corrected chi connectivity index (χ2v) is 4.42. The summed E-state index contributed by atoms with van der Waals surface area (Å²) >= 11 is 0. The minimum Gasteiger partial charge on any atom is -0.478 e. The molecule has 0 bridgehead atoms. The fraction of sp³-hybridized carbons (Fsp3) is 0.615. The van der Waals surface area contributed by atoms with Crippen LogP contribution in [0.5, 0.6) is 0 Å². The van der Waals surface area contributed by atoms with E-state index in [9.17, 15) is 4.79 Å². The molecule has 0 saturated carbocycles. The zero-order valence-corrected chi connectivity index (χ0v) is 11.6. The average molecular weight is 252 g/mol. The zero-order valence-electron chi connectivity index (χ0n) is 11.6. The van der Waals surface area contributed by atoms with Crippen LogP contribution >= 0.6 is 0 Å². The summed E-state index contributed by atoms with van der Waals surface area (Å²) in [6, 6.07) is 0. The number of nitrogens with zero attached hydrogens (tertiary/aromatic N) is 2. The van der Waals surface area contributed by atoms with E-state index in [1.54, 1.807) is 13.8 Å². The highest BCUT2D eigenvalue weighted by Crippen LogP contribution is 2.27. The van der Waals surface area contributed by atoms with E-state index in [-0.39, 0.29) is 5.56 Å². The van der Waals surface area contributed by atoms with E-state index in [1.165, 1.54) is 0 Å². The van der Waals surface area contributed by atoms with Crippen LogP contribution < -0.4 is 0 Å². The molecule has 0 aromatic carbocycles. The number of aromatic nitrogens is 2. The first-order valence-corrected chi connectivity index (χ1v) is 6.08. The summed E-state index contributed by atoms with van der Waals surface area (Å²) in [5, 5.41) is 9.09. The first-order valence-electron chi connectivity index (χ1n) is 6.08. The summed E-state index contributed by atoms with van der Waals surface area (Å²) in [7, 11) is 0. The standard InChI is InChI=1S/C13H20N2O3/c1-6-13(5,18-7-2)12-14-8(3)10(11(16)17)9(4)15-12/h6-7H2,1-5H3,(H,16,17). The predicted octanol–water partition coefficient (Wildman–Crippen LogP) is 2.45. The van der Waals surface area contributed by atoms with Gasteiger partial charge in [0.2, 0.25) is 0 Å². The van der Waals surface area contributed by atoms with Crippen LogP contribution in [0.1, 0.15) is 54.8 Å². The van der Waals surface area contributed by atoms with E-state index in [4.69, 9.17) is 9.84 Å². The average Bonchev–Trinajstić information content (AvgIpc) is 2.27. The van der Waals surface area contributed by atoms with Gasteiger partial charge < -0.3 is 9.84 Å². The Morgan fingerprint density at radius 1 is 1.28 bits per heavy atom. The van der Waals surface area contributed by atoms with Crippen LogP contribution in [0.25, 0.3) is 0 Å². The van der Waals surface area contributed by atoms with Crippen molar-refractivity contribution in [2.75, 3.05) is 6.61 Å². The van der Waals surface area contributed by atoms with E-state index in [1.807, 2.05) is 20.8 Å². The topological polar surface area (TPSA) is 72.3 Å². The molecule has 1 atom stereocenters. The van der Waals surface area contributed by atoms with Crippen molar-refractivity contribution in [1.29, 1.82) is 0 Å². The number of rotatable bonds is 5. The molecule has 100 valence electrons. The van der Waals surface area contributed by atoms with Crippen molar-refractivity contribution >= 4 is 5.97 Å². The molecule has 18 heavy (non-hydrogen) atoms. The largest absolute Gasteiger partial charge is 0.478 e. The molecule has 0 spiro atoms. The van der Waals surface area contributed by atoms with Crippen LogP contribution in [0.3, 0.4) is 0 Å². The number of aromatic carboxylic acids is 1. The second kappa shape index (κ2) is 5.44.